The van der Waals surface area contributed by atoms with Crippen LogP contribution in [0.4, 0.5) is 5.69 Å². The largest absolute Gasteiger partial charge is 0.348 e. The van der Waals surface area contributed by atoms with Gasteiger partial charge in [0.2, 0.25) is 10.0 Å². The van der Waals surface area contributed by atoms with E-state index in [1.165, 1.54) is 11.8 Å². The first kappa shape index (κ1) is 13.2. The van der Waals surface area contributed by atoms with Gasteiger partial charge in [0, 0.05) is 17.8 Å². The predicted molar refractivity (Wildman–Crippen MR) is 78.3 cm³/mol. The number of hydrogen-bond donors (Lipinski definition) is 2. The van der Waals surface area contributed by atoms with Gasteiger partial charge in [0.25, 0.3) is 0 Å². The molecule has 1 unspecified atom stereocenters. The highest BCUT2D eigenvalue weighted by atomic mass is 32.2. The second kappa shape index (κ2) is 4.94. The molecule has 2 N–H and O–H groups in total. The van der Waals surface area contributed by atoms with Crippen LogP contribution in [0.1, 0.15) is 35.6 Å². The molecule has 1 aromatic carbocycles. The van der Waals surface area contributed by atoms with Crippen LogP contribution in [0, 0.1) is 0 Å². The minimum absolute atomic E-state index is 0.266. The minimum Gasteiger partial charge on any atom is -0.348 e. The van der Waals surface area contributed by atoms with Gasteiger partial charge in [-0.25, -0.2) is 13.4 Å². The number of anilines is 1. The number of rotatable bonds is 3. The molecule has 0 saturated heterocycles. The number of aromatic nitrogens is 2. The van der Waals surface area contributed by atoms with Gasteiger partial charge in [-0.2, -0.15) is 0 Å². The molecular formula is C14H17N3O2S. The van der Waals surface area contributed by atoms with Crippen LogP contribution >= 0.6 is 0 Å². The fourth-order valence-corrected chi connectivity index (χ4v) is 3.51. The Hall–Kier alpha value is -1.82. The van der Waals surface area contributed by atoms with Crippen LogP contribution in [-0.4, -0.2) is 24.6 Å². The zero-order valence-corrected chi connectivity index (χ0v) is 12.1. The summed E-state index contributed by atoms with van der Waals surface area (Å²) in [6.07, 6.45) is 7.70. The van der Waals surface area contributed by atoms with Gasteiger partial charge in [0.15, 0.2) is 0 Å². The van der Waals surface area contributed by atoms with Crippen LogP contribution in [0.5, 0.6) is 0 Å². The summed E-state index contributed by atoms with van der Waals surface area (Å²) < 4.78 is 25.6. The minimum atomic E-state index is -3.25. The quantitative estimate of drug-likeness (QED) is 0.910. The molecule has 1 aliphatic carbocycles. The molecule has 6 heteroatoms. The molecule has 1 aromatic heterocycles. The lowest BCUT2D eigenvalue weighted by atomic mass is 9.80. The van der Waals surface area contributed by atoms with Gasteiger partial charge in [-0.05, 0) is 36.5 Å². The third-order valence-electron chi connectivity index (χ3n) is 3.70. The molecular weight excluding hydrogens is 274 g/mol. The van der Waals surface area contributed by atoms with Crippen molar-refractivity contribution in [1.82, 2.24) is 9.97 Å². The molecule has 3 rings (SSSR count). The van der Waals surface area contributed by atoms with E-state index in [9.17, 15) is 8.42 Å². The highest BCUT2D eigenvalue weighted by Crippen LogP contribution is 2.38. The molecule has 20 heavy (non-hydrogen) atoms. The van der Waals surface area contributed by atoms with E-state index in [0.717, 1.165) is 30.5 Å². The topological polar surface area (TPSA) is 74.8 Å². The standard InChI is InChI=1S/C14H17N3O2S/c1-20(18,19)17-13-7-3-4-10-11(13)5-2-6-12(10)14-8-15-9-16-14/h3-4,7-9,12,17H,2,5-6H2,1H3,(H,15,16). The van der Waals surface area contributed by atoms with E-state index in [4.69, 9.17) is 0 Å². The van der Waals surface area contributed by atoms with Crippen LogP contribution in [0.15, 0.2) is 30.7 Å². The third-order valence-corrected chi connectivity index (χ3v) is 4.29. The Morgan fingerprint density at radius 1 is 1.40 bits per heavy atom. The van der Waals surface area contributed by atoms with Crippen molar-refractivity contribution in [2.75, 3.05) is 11.0 Å². The Labute approximate surface area is 118 Å². The van der Waals surface area contributed by atoms with Crippen molar-refractivity contribution in [3.8, 4) is 0 Å². The molecule has 0 aliphatic heterocycles. The van der Waals surface area contributed by atoms with Gasteiger partial charge in [0.1, 0.15) is 0 Å². The van der Waals surface area contributed by atoms with Crippen molar-refractivity contribution in [3.05, 3.63) is 47.5 Å². The summed E-state index contributed by atoms with van der Waals surface area (Å²) in [5.74, 6) is 0.266. The maximum absolute atomic E-state index is 11.5. The zero-order valence-electron chi connectivity index (χ0n) is 11.3. The Kier molecular flexibility index (Phi) is 3.25. The lowest BCUT2D eigenvalue weighted by Crippen LogP contribution is -2.16. The molecule has 0 amide bonds. The van der Waals surface area contributed by atoms with Gasteiger partial charge in [-0.1, -0.05) is 12.1 Å². The van der Waals surface area contributed by atoms with E-state index in [-0.39, 0.29) is 5.92 Å². The Balaban J connectivity index is 2.05. The van der Waals surface area contributed by atoms with Gasteiger partial charge in [0.05, 0.1) is 18.3 Å². The highest BCUT2D eigenvalue weighted by Gasteiger charge is 2.25. The van der Waals surface area contributed by atoms with Gasteiger partial charge in [-0.15, -0.1) is 0 Å². The average molecular weight is 291 g/mol. The lowest BCUT2D eigenvalue weighted by Gasteiger charge is -2.26. The number of aromatic amines is 1. The maximum Gasteiger partial charge on any atom is 0.229 e. The van der Waals surface area contributed by atoms with Crippen LogP contribution < -0.4 is 4.72 Å². The number of hydrogen-bond acceptors (Lipinski definition) is 3. The van der Waals surface area contributed by atoms with E-state index in [2.05, 4.69) is 20.8 Å². The second-order valence-electron chi connectivity index (χ2n) is 5.20. The summed E-state index contributed by atoms with van der Waals surface area (Å²) in [7, 11) is -3.25. The maximum atomic E-state index is 11.5. The van der Waals surface area contributed by atoms with E-state index < -0.39 is 10.0 Å². The molecule has 2 aromatic rings. The molecule has 5 nitrogen and oxygen atoms in total. The lowest BCUT2D eigenvalue weighted by molar-refractivity contribution is 0.603. The summed E-state index contributed by atoms with van der Waals surface area (Å²) in [6, 6.07) is 5.81. The van der Waals surface area contributed by atoms with E-state index in [0.29, 0.717) is 5.69 Å². The van der Waals surface area contributed by atoms with Gasteiger partial charge in [-0.3, -0.25) is 4.72 Å². The highest BCUT2D eigenvalue weighted by molar-refractivity contribution is 7.92. The number of nitrogens with zero attached hydrogens (tertiary/aromatic N) is 1. The number of benzene rings is 1. The Morgan fingerprint density at radius 3 is 2.95 bits per heavy atom. The van der Waals surface area contributed by atoms with Gasteiger partial charge < -0.3 is 4.98 Å². The predicted octanol–water partition coefficient (Wildman–Crippen LogP) is 2.25. The first-order chi connectivity index (χ1) is 9.54. The average Bonchev–Trinajstić information content (AvgIpc) is 2.90. The molecule has 1 aliphatic rings. The SMILES string of the molecule is CS(=O)(=O)Nc1cccc2c1CCCC2c1cnc[nH]1. The van der Waals surface area contributed by atoms with Crippen LogP contribution in [-0.2, 0) is 16.4 Å². The fraction of sp³-hybridized carbons (Fsp3) is 0.357. The van der Waals surface area contributed by atoms with Crippen molar-refractivity contribution >= 4 is 15.7 Å². The van der Waals surface area contributed by atoms with E-state index in [1.807, 2.05) is 18.3 Å². The number of imidazole rings is 1. The number of H-pyrrole nitrogens is 1. The number of sulfonamides is 1. The Morgan fingerprint density at radius 2 is 2.25 bits per heavy atom. The molecule has 0 radical (unpaired) electrons. The monoisotopic (exact) mass is 291 g/mol. The fourth-order valence-electron chi connectivity index (χ4n) is 2.92. The smallest absolute Gasteiger partial charge is 0.229 e. The molecule has 0 saturated carbocycles. The Bertz CT molecular complexity index is 708. The van der Waals surface area contributed by atoms with Crippen LogP contribution in [0.3, 0.4) is 0 Å². The normalized spacial score (nSPS) is 18.6. The van der Waals surface area contributed by atoms with Crippen LogP contribution in [0.2, 0.25) is 0 Å². The van der Waals surface area contributed by atoms with E-state index >= 15 is 0 Å². The molecule has 106 valence electrons. The number of fused-ring (bicyclic) bond motifs is 1. The second-order valence-corrected chi connectivity index (χ2v) is 6.95. The summed E-state index contributed by atoms with van der Waals surface area (Å²) in [5.41, 5.74) is 4.08. The third kappa shape index (κ3) is 2.56. The summed E-state index contributed by atoms with van der Waals surface area (Å²) in [5, 5.41) is 0. The summed E-state index contributed by atoms with van der Waals surface area (Å²) in [6.45, 7) is 0. The zero-order chi connectivity index (χ0) is 14.2. The van der Waals surface area contributed by atoms with Crippen molar-refractivity contribution in [1.29, 1.82) is 0 Å². The first-order valence-corrected chi connectivity index (χ1v) is 8.51. The molecule has 0 bridgehead atoms. The van der Waals surface area contributed by atoms with Crippen molar-refractivity contribution < 1.29 is 8.42 Å². The van der Waals surface area contributed by atoms with Gasteiger partial charge >= 0.3 is 0 Å². The summed E-state index contributed by atoms with van der Waals surface area (Å²) in [4.78, 5) is 7.25. The molecule has 1 heterocycles. The van der Waals surface area contributed by atoms with E-state index in [1.54, 1.807) is 6.33 Å². The first-order valence-electron chi connectivity index (χ1n) is 6.62. The van der Waals surface area contributed by atoms with Crippen LogP contribution in [0.25, 0.3) is 0 Å². The van der Waals surface area contributed by atoms with Crippen molar-refractivity contribution in [2.24, 2.45) is 0 Å². The van der Waals surface area contributed by atoms with Crippen molar-refractivity contribution in [3.63, 3.8) is 0 Å². The molecule has 1 atom stereocenters. The van der Waals surface area contributed by atoms with Crippen molar-refractivity contribution in [2.45, 2.75) is 25.2 Å². The molecule has 0 spiro atoms. The molecule has 0 fully saturated rings. The summed E-state index contributed by atoms with van der Waals surface area (Å²) >= 11 is 0. The number of nitrogens with one attached hydrogen (secondary N) is 2.